The van der Waals surface area contributed by atoms with Gasteiger partial charge in [0.2, 0.25) is 5.78 Å². The molecule has 210 valence electrons. The molecule has 1 unspecified atom stereocenters. The molecule has 1 aliphatic heterocycles. The summed E-state index contributed by atoms with van der Waals surface area (Å²) in [7, 11) is 1.61. The topological polar surface area (TPSA) is 114 Å². The van der Waals surface area contributed by atoms with E-state index in [-0.39, 0.29) is 36.1 Å². The zero-order chi connectivity index (χ0) is 27.9. The zero-order valence-corrected chi connectivity index (χ0v) is 24.3. The fraction of sp³-hybridized carbons (Fsp3) is 0.536. The molecule has 4 rings (SSSR count). The quantitative estimate of drug-likeness (QED) is 0.214. The van der Waals surface area contributed by atoms with E-state index in [1.807, 2.05) is 36.1 Å². The van der Waals surface area contributed by atoms with Crippen LogP contribution in [0.1, 0.15) is 62.0 Å². The first-order chi connectivity index (χ1) is 18.9. The van der Waals surface area contributed by atoms with E-state index < -0.39 is 11.8 Å². The molecule has 1 N–H and O–H groups in total. The van der Waals surface area contributed by atoms with Crippen LogP contribution in [0.4, 0.5) is 10.6 Å². The third-order valence-electron chi connectivity index (χ3n) is 7.41. The number of fused-ring (bicyclic) bond motifs is 1. The minimum Gasteiger partial charge on any atom is -0.497 e. The third kappa shape index (κ3) is 6.58. The van der Waals surface area contributed by atoms with E-state index in [4.69, 9.17) is 9.47 Å². The Labute approximate surface area is 237 Å². The molecule has 1 aromatic carbocycles. The van der Waals surface area contributed by atoms with Gasteiger partial charge in [0.25, 0.3) is 0 Å². The van der Waals surface area contributed by atoms with E-state index in [1.54, 1.807) is 18.9 Å². The fourth-order valence-corrected chi connectivity index (χ4v) is 5.39. The number of nitrogens with one attached hydrogen (secondary N) is 1. The monoisotopic (exact) mass is 601 g/mol. The fourth-order valence-electron chi connectivity index (χ4n) is 5.11. The van der Waals surface area contributed by atoms with Gasteiger partial charge in [-0.1, -0.05) is 32.4 Å². The lowest BCUT2D eigenvalue weighted by atomic mass is 9.80. The maximum atomic E-state index is 14.0. The number of hydrogen-bond acceptors (Lipinski definition) is 9. The van der Waals surface area contributed by atoms with Crippen molar-refractivity contribution in [2.45, 2.75) is 70.6 Å². The Morgan fingerprint density at radius 3 is 2.51 bits per heavy atom. The smallest absolute Gasteiger partial charge is 0.410 e. The Kier molecular flexibility index (Phi) is 9.90. The van der Waals surface area contributed by atoms with Crippen LogP contribution in [0.3, 0.4) is 0 Å². The van der Waals surface area contributed by atoms with Crippen molar-refractivity contribution in [2.24, 2.45) is 0 Å². The molecule has 1 amide bonds. The van der Waals surface area contributed by atoms with Crippen molar-refractivity contribution in [1.29, 1.82) is 0 Å². The Hall–Kier alpha value is -3.05. The van der Waals surface area contributed by atoms with Crippen molar-refractivity contribution in [3.63, 3.8) is 0 Å². The van der Waals surface area contributed by atoms with Gasteiger partial charge in [-0.15, -0.1) is 0 Å². The lowest BCUT2D eigenvalue weighted by molar-refractivity contribution is -0.127. The Morgan fingerprint density at radius 2 is 1.87 bits per heavy atom. The second kappa shape index (κ2) is 13.3. The Bertz CT molecular complexity index is 1180. The number of anilines is 1. The standard InChI is InChI=1S/C28H36BrN5O5/c1-4-6-15-39-28(37)34-14-13-33(20-11-12-21(20)34)25(22(35)5-2)26(36)24-27(31-17-23(29)32-24)30-16-18-7-9-19(38-3)10-8-18/h7-10,17,20-21,25H,4-6,11-16H2,1-3H3,(H,30,31)/t20-,21-,25?/m0/s1. The molecule has 2 aromatic rings. The zero-order valence-electron chi connectivity index (χ0n) is 22.7. The highest BCUT2D eigenvalue weighted by Gasteiger charge is 2.50. The number of carbonyl (C=O) groups is 3. The van der Waals surface area contributed by atoms with E-state index in [2.05, 4.69) is 31.2 Å². The average Bonchev–Trinajstić information content (AvgIpc) is 2.93. The van der Waals surface area contributed by atoms with Gasteiger partial charge >= 0.3 is 6.09 Å². The predicted octanol–water partition coefficient (Wildman–Crippen LogP) is 4.48. The van der Waals surface area contributed by atoms with Gasteiger partial charge in [0.15, 0.2) is 17.3 Å². The van der Waals surface area contributed by atoms with Crippen molar-refractivity contribution in [1.82, 2.24) is 19.8 Å². The summed E-state index contributed by atoms with van der Waals surface area (Å²) in [6, 6.07) is 6.41. The van der Waals surface area contributed by atoms with Crippen LogP contribution >= 0.6 is 15.9 Å². The second-order valence-corrected chi connectivity index (χ2v) is 10.6. The number of ether oxygens (including phenoxy) is 2. The first kappa shape index (κ1) is 28.9. The van der Waals surface area contributed by atoms with Crippen LogP contribution in [0.5, 0.6) is 5.75 Å². The summed E-state index contributed by atoms with van der Waals surface area (Å²) in [5.41, 5.74) is 1.08. The van der Waals surface area contributed by atoms with Crippen molar-refractivity contribution in [3.8, 4) is 5.75 Å². The summed E-state index contributed by atoms with van der Waals surface area (Å²) >= 11 is 3.33. The summed E-state index contributed by atoms with van der Waals surface area (Å²) in [5, 5.41) is 3.21. The molecule has 1 aliphatic carbocycles. The van der Waals surface area contributed by atoms with Gasteiger partial charge in [-0.05, 0) is 52.9 Å². The van der Waals surface area contributed by atoms with E-state index in [0.717, 1.165) is 37.0 Å². The lowest BCUT2D eigenvalue weighted by Crippen LogP contribution is -2.69. The number of Topliss-reactive ketones (excluding diaryl/α,β-unsaturated/α-hetero) is 2. The number of nitrogens with zero attached hydrogens (tertiary/aromatic N) is 4. The maximum absolute atomic E-state index is 14.0. The van der Waals surface area contributed by atoms with Gasteiger partial charge in [-0.3, -0.25) is 14.5 Å². The van der Waals surface area contributed by atoms with Crippen LogP contribution < -0.4 is 10.1 Å². The van der Waals surface area contributed by atoms with Gasteiger partial charge < -0.3 is 19.7 Å². The number of carbonyl (C=O) groups excluding carboxylic acids is 3. The number of aromatic nitrogens is 2. The van der Waals surface area contributed by atoms with Crippen LogP contribution in [0, 0.1) is 0 Å². The molecule has 3 atom stereocenters. The largest absolute Gasteiger partial charge is 0.497 e. The van der Waals surface area contributed by atoms with E-state index >= 15 is 0 Å². The minimum absolute atomic E-state index is 0.0749. The molecule has 0 bridgehead atoms. The van der Waals surface area contributed by atoms with Crippen LogP contribution in [0.15, 0.2) is 35.1 Å². The number of hydrogen-bond donors (Lipinski definition) is 1. The van der Waals surface area contributed by atoms with E-state index in [1.165, 1.54) is 6.20 Å². The number of halogens is 1. The molecule has 11 heteroatoms. The van der Waals surface area contributed by atoms with E-state index in [0.29, 0.717) is 36.7 Å². The molecule has 39 heavy (non-hydrogen) atoms. The summed E-state index contributed by atoms with van der Waals surface area (Å²) < 4.78 is 11.1. The number of unbranched alkanes of at least 4 members (excludes halogenated alkanes) is 1. The van der Waals surface area contributed by atoms with E-state index in [9.17, 15) is 14.4 Å². The number of benzene rings is 1. The number of ketones is 2. The summed E-state index contributed by atoms with van der Waals surface area (Å²) in [6.45, 7) is 5.43. The average molecular weight is 603 g/mol. The molecule has 0 radical (unpaired) electrons. The minimum atomic E-state index is -0.994. The molecule has 1 aromatic heterocycles. The van der Waals surface area contributed by atoms with Gasteiger partial charge in [0.1, 0.15) is 16.4 Å². The van der Waals surface area contributed by atoms with Crippen LogP contribution in [-0.2, 0) is 16.1 Å². The summed E-state index contributed by atoms with van der Waals surface area (Å²) in [4.78, 5) is 52.6. The van der Waals surface area contributed by atoms with Crippen molar-refractivity contribution in [2.75, 3.05) is 32.1 Å². The highest BCUT2D eigenvalue weighted by atomic mass is 79.9. The summed E-state index contributed by atoms with van der Waals surface area (Å²) in [6.07, 6.45) is 4.81. The van der Waals surface area contributed by atoms with Gasteiger partial charge in [0.05, 0.1) is 26.0 Å². The molecule has 2 fully saturated rings. The molecule has 2 aliphatic rings. The lowest BCUT2D eigenvalue weighted by Gasteiger charge is -2.54. The second-order valence-electron chi connectivity index (χ2n) is 9.79. The van der Waals surface area contributed by atoms with Crippen LogP contribution in [-0.4, -0.2) is 82.4 Å². The normalized spacial score (nSPS) is 19.4. The number of rotatable bonds is 12. The van der Waals surface area contributed by atoms with Gasteiger partial charge in [0, 0.05) is 32.1 Å². The SMILES string of the molecule is CCCCOC(=O)N1CCN(C(C(=O)CC)C(=O)c2nc(Br)cnc2NCc2ccc(OC)cc2)[C@H]2CC[C@@H]21. The molecule has 1 saturated carbocycles. The Balaban J connectivity index is 1.53. The number of methoxy groups -OCH3 is 1. The molecule has 2 heterocycles. The third-order valence-corrected chi connectivity index (χ3v) is 7.80. The molecule has 10 nitrogen and oxygen atoms in total. The van der Waals surface area contributed by atoms with Crippen molar-refractivity contribution >= 4 is 39.4 Å². The molecule has 0 spiro atoms. The number of piperazine rings is 1. The molecular weight excluding hydrogens is 566 g/mol. The Morgan fingerprint density at radius 1 is 1.13 bits per heavy atom. The first-order valence-corrected chi connectivity index (χ1v) is 14.3. The predicted molar refractivity (Wildman–Crippen MR) is 150 cm³/mol. The van der Waals surface area contributed by atoms with Crippen LogP contribution in [0.25, 0.3) is 0 Å². The number of amides is 1. The van der Waals surface area contributed by atoms with Crippen LogP contribution in [0.2, 0.25) is 0 Å². The van der Waals surface area contributed by atoms with Gasteiger partial charge in [-0.2, -0.15) is 0 Å². The summed E-state index contributed by atoms with van der Waals surface area (Å²) in [5.74, 6) is 0.504. The molecular formula is C28H36BrN5O5. The van der Waals surface area contributed by atoms with Crippen molar-refractivity contribution < 1.29 is 23.9 Å². The van der Waals surface area contributed by atoms with Crippen molar-refractivity contribution in [3.05, 3.63) is 46.3 Å². The first-order valence-electron chi connectivity index (χ1n) is 13.5. The highest BCUT2D eigenvalue weighted by molar-refractivity contribution is 9.10. The molecule has 1 saturated heterocycles. The highest BCUT2D eigenvalue weighted by Crippen LogP contribution is 2.36. The maximum Gasteiger partial charge on any atom is 0.410 e. The van der Waals surface area contributed by atoms with Gasteiger partial charge in [-0.25, -0.2) is 14.8 Å².